The number of aromatic nitrogens is 1. The van der Waals surface area contributed by atoms with Crippen molar-refractivity contribution in [3.63, 3.8) is 0 Å². The van der Waals surface area contributed by atoms with E-state index in [1.165, 1.54) is 22.0 Å². The van der Waals surface area contributed by atoms with Crippen LogP contribution in [0.25, 0.3) is 10.9 Å². The quantitative estimate of drug-likeness (QED) is 0.739. The lowest BCUT2D eigenvalue weighted by Crippen LogP contribution is -2.52. The highest BCUT2D eigenvalue weighted by atomic mass is 15.2. The number of hydrogen-bond donors (Lipinski definition) is 2. The molecule has 2 aliphatic rings. The van der Waals surface area contributed by atoms with E-state index in [0.717, 1.165) is 19.4 Å². The Balaban J connectivity index is 1.92. The molecule has 1 aliphatic carbocycles. The standard InChI is InChI=1S/C15H19N3/c1-18-8-10(16)6-12-11-3-2-4-13-15(11)9(7-17-13)5-14(12)18/h2-4,7,10,12,14,17H,5-6,8,16H2,1H3/t10-,12+,14+/m0/s1. The Morgan fingerprint density at radius 3 is 3.17 bits per heavy atom. The van der Waals surface area contributed by atoms with E-state index in [9.17, 15) is 0 Å². The summed E-state index contributed by atoms with van der Waals surface area (Å²) in [5.41, 5.74) is 10.5. The van der Waals surface area contributed by atoms with Gasteiger partial charge in [-0.05, 0) is 37.1 Å². The molecule has 2 heterocycles. The van der Waals surface area contributed by atoms with Crippen molar-refractivity contribution in [2.45, 2.75) is 30.8 Å². The second-order valence-corrected chi connectivity index (χ2v) is 5.90. The minimum atomic E-state index is 0.312. The molecule has 3 nitrogen and oxygen atoms in total. The Kier molecular flexibility index (Phi) is 2.11. The van der Waals surface area contributed by atoms with Crippen molar-refractivity contribution in [3.05, 3.63) is 35.5 Å². The highest BCUT2D eigenvalue weighted by Crippen LogP contribution is 2.42. The molecule has 2 aromatic rings. The maximum absolute atomic E-state index is 6.21. The fourth-order valence-corrected chi connectivity index (χ4v) is 3.98. The number of nitrogens with two attached hydrogens (primary N) is 1. The van der Waals surface area contributed by atoms with E-state index >= 15 is 0 Å². The predicted octanol–water partition coefficient (Wildman–Crippen LogP) is 1.84. The Morgan fingerprint density at radius 1 is 1.39 bits per heavy atom. The maximum atomic E-state index is 6.21. The molecule has 1 aromatic heterocycles. The normalized spacial score (nSPS) is 31.6. The zero-order chi connectivity index (χ0) is 12.3. The first kappa shape index (κ1) is 10.6. The molecule has 1 fully saturated rings. The smallest absolute Gasteiger partial charge is 0.0459 e. The number of hydrogen-bond acceptors (Lipinski definition) is 2. The third-order valence-corrected chi connectivity index (χ3v) is 4.76. The molecule has 0 radical (unpaired) electrons. The van der Waals surface area contributed by atoms with Gasteiger partial charge in [-0.15, -0.1) is 0 Å². The summed E-state index contributed by atoms with van der Waals surface area (Å²) in [6, 6.07) is 7.57. The van der Waals surface area contributed by atoms with Crippen molar-refractivity contribution >= 4 is 10.9 Å². The van der Waals surface area contributed by atoms with Crippen LogP contribution in [0.3, 0.4) is 0 Å². The molecule has 3 heteroatoms. The number of aromatic amines is 1. The number of nitrogens with zero attached hydrogens (tertiary/aromatic N) is 1. The average Bonchev–Trinajstić information content (AvgIpc) is 2.76. The first-order valence-electron chi connectivity index (χ1n) is 6.78. The zero-order valence-electron chi connectivity index (χ0n) is 10.7. The highest BCUT2D eigenvalue weighted by molar-refractivity contribution is 5.88. The number of H-pyrrole nitrogens is 1. The predicted molar refractivity (Wildman–Crippen MR) is 73.8 cm³/mol. The van der Waals surface area contributed by atoms with Crippen molar-refractivity contribution in [2.24, 2.45) is 5.73 Å². The summed E-state index contributed by atoms with van der Waals surface area (Å²) in [6.45, 7) is 1.02. The molecule has 0 bridgehead atoms. The summed E-state index contributed by atoms with van der Waals surface area (Å²) in [5, 5.41) is 1.46. The fourth-order valence-electron chi connectivity index (χ4n) is 3.98. The van der Waals surface area contributed by atoms with Gasteiger partial charge in [0.05, 0.1) is 0 Å². The number of likely N-dealkylation sites (N-methyl/N-ethyl adjacent to an activating group) is 1. The number of likely N-dealkylation sites (tertiary alicyclic amines) is 1. The summed E-state index contributed by atoms with van der Waals surface area (Å²) in [5.74, 6) is 0.603. The van der Waals surface area contributed by atoms with Gasteiger partial charge < -0.3 is 15.6 Å². The number of nitrogens with one attached hydrogen (secondary N) is 1. The Hall–Kier alpha value is -1.32. The van der Waals surface area contributed by atoms with Gasteiger partial charge in [0.1, 0.15) is 0 Å². The lowest BCUT2D eigenvalue weighted by atomic mass is 9.74. The summed E-state index contributed by atoms with van der Waals surface area (Å²) in [4.78, 5) is 5.86. The van der Waals surface area contributed by atoms with Gasteiger partial charge in [0.2, 0.25) is 0 Å². The molecule has 1 aromatic carbocycles. The summed E-state index contributed by atoms with van der Waals surface area (Å²) in [7, 11) is 2.22. The van der Waals surface area contributed by atoms with Crippen LogP contribution in [-0.4, -0.2) is 35.6 Å². The Bertz CT molecular complexity index is 601. The minimum absolute atomic E-state index is 0.312. The molecule has 94 valence electrons. The van der Waals surface area contributed by atoms with Crippen LogP contribution in [0, 0.1) is 0 Å². The largest absolute Gasteiger partial charge is 0.361 e. The maximum Gasteiger partial charge on any atom is 0.0459 e. The second kappa shape index (κ2) is 3.59. The van der Waals surface area contributed by atoms with Crippen LogP contribution in [0.5, 0.6) is 0 Å². The van der Waals surface area contributed by atoms with Crippen molar-refractivity contribution in [1.82, 2.24) is 9.88 Å². The molecule has 0 amide bonds. The molecule has 0 unspecified atom stereocenters. The number of rotatable bonds is 0. The Morgan fingerprint density at radius 2 is 2.28 bits per heavy atom. The van der Waals surface area contributed by atoms with Crippen LogP contribution in [0.4, 0.5) is 0 Å². The van der Waals surface area contributed by atoms with Crippen molar-refractivity contribution in [1.29, 1.82) is 0 Å². The SMILES string of the molecule is CN1C[C@@H](N)C[C@@H]2c3cccc4[nH]cc(c34)C[C@H]21. The topological polar surface area (TPSA) is 45.0 Å². The summed E-state index contributed by atoms with van der Waals surface area (Å²) >= 11 is 0. The lowest BCUT2D eigenvalue weighted by molar-refractivity contribution is 0.141. The van der Waals surface area contributed by atoms with E-state index in [-0.39, 0.29) is 0 Å². The molecule has 3 N–H and O–H groups in total. The van der Waals surface area contributed by atoms with Gasteiger partial charge in [0.15, 0.2) is 0 Å². The third-order valence-electron chi connectivity index (χ3n) is 4.76. The van der Waals surface area contributed by atoms with Gasteiger partial charge in [-0.1, -0.05) is 12.1 Å². The van der Waals surface area contributed by atoms with Crippen molar-refractivity contribution in [3.8, 4) is 0 Å². The van der Waals surface area contributed by atoms with Crippen LogP contribution >= 0.6 is 0 Å². The van der Waals surface area contributed by atoms with Crippen LogP contribution in [0.2, 0.25) is 0 Å². The van der Waals surface area contributed by atoms with Gasteiger partial charge in [0, 0.05) is 41.6 Å². The van der Waals surface area contributed by atoms with Gasteiger partial charge in [-0.25, -0.2) is 0 Å². The van der Waals surface area contributed by atoms with E-state index in [1.807, 2.05) is 0 Å². The molecule has 3 atom stereocenters. The summed E-state index contributed by atoms with van der Waals surface area (Å²) < 4.78 is 0. The lowest BCUT2D eigenvalue weighted by Gasteiger charge is -2.44. The number of benzene rings is 1. The van der Waals surface area contributed by atoms with Gasteiger partial charge in [-0.3, -0.25) is 0 Å². The molecular weight excluding hydrogens is 222 g/mol. The third kappa shape index (κ3) is 1.32. The highest BCUT2D eigenvalue weighted by Gasteiger charge is 2.38. The van der Waals surface area contributed by atoms with Crippen LogP contribution in [0.1, 0.15) is 23.5 Å². The van der Waals surface area contributed by atoms with Crippen LogP contribution < -0.4 is 5.73 Å². The van der Waals surface area contributed by atoms with Crippen LogP contribution in [0.15, 0.2) is 24.4 Å². The van der Waals surface area contributed by atoms with Crippen molar-refractivity contribution in [2.75, 3.05) is 13.6 Å². The molecule has 18 heavy (non-hydrogen) atoms. The summed E-state index contributed by atoms with van der Waals surface area (Å²) in [6.07, 6.45) is 4.47. The van der Waals surface area contributed by atoms with E-state index in [4.69, 9.17) is 5.73 Å². The van der Waals surface area contributed by atoms with E-state index in [0.29, 0.717) is 18.0 Å². The molecule has 0 saturated carbocycles. The van der Waals surface area contributed by atoms with Crippen molar-refractivity contribution < 1.29 is 0 Å². The first-order chi connectivity index (χ1) is 8.74. The molecule has 0 spiro atoms. The molecule has 4 rings (SSSR count). The fraction of sp³-hybridized carbons (Fsp3) is 0.467. The minimum Gasteiger partial charge on any atom is -0.361 e. The van der Waals surface area contributed by atoms with E-state index < -0.39 is 0 Å². The van der Waals surface area contributed by atoms with E-state index in [2.05, 4.69) is 41.3 Å². The van der Waals surface area contributed by atoms with Crippen LogP contribution in [-0.2, 0) is 6.42 Å². The second-order valence-electron chi connectivity index (χ2n) is 5.90. The van der Waals surface area contributed by atoms with Gasteiger partial charge in [-0.2, -0.15) is 0 Å². The van der Waals surface area contributed by atoms with Gasteiger partial charge >= 0.3 is 0 Å². The number of piperidine rings is 1. The molecular formula is C15H19N3. The molecule has 1 saturated heterocycles. The number of fused-ring (bicyclic) bond motifs is 2. The van der Waals surface area contributed by atoms with E-state index in [1.54, 1.807) is 0 Å². The Labute approximate surface area is 107 Å². The van der Waals surface area contributed by atoms with Gasteiger partial charge in [0.25, 0.3) is 0 Å². The average molecular weight is 241 g/mol. The first-order valence-corrected chi connectivity index (χ1v) is 6.78. The zero-order valence-corrected chi connectivity index (χ0v) is 10.7. The monoisotopic (exact) mass is 241 g/mol. The molecule has 1 aliphatic heterocycles.